The van der Waals surface area contributed by atoms with Gasteiger partial charge < -0.3 is 9.47 Å². The third kappa shape index (κ3) is 4.86. The lowest BCUT2D eigenvalue weighted by Crippen LogP contribution is -2.00. The molecule has 0 aliphatic carbocycles. The van der Waals surface area contributed by atoms with Crippen LogP contribution in [0.25, 0.3) is 0 Å². The van der Waals surface area contributed by atoms with Crippen molar-refractivity contribution < 1.29 is 9.47 Å². The van der Waals surface area contributed by atoms with Crippen molar-refractivity contribution in [1.29, 1.82) is 0 Å². The van der Waals surface area contributed by atoms with Crippen LogP contribution in [0.15, 0.2) is 29.2 Å². The molecule has 0 aliphatic rings. The maximum Gasteiger partial charge on any atom is 0.0968 e. The molecule has 78 valence electrons. The monoisotopic (exact) mass is 232 g/mol. The van der Waals surface area contributed by atoms with Crippen LogP contribution in [-0.2, 0) is 9.47 Å². The van der Waals surface area contributed by atoms with Gasteiger partial charge >= 0.3 is 0 Å². The fraction of sp³-hybridized carbons (Fsp3) is 0.400. The summed E-state index contributed by atoms with van der Waals surface area (Å²) in [6, 6.07) is 7.71. The summed E-state index contributed by atoms with van der Waals surface area (Å²) in [5.74, 6) is 0.644. The lowest BCUT2D eigenvalue weighted by molar-refractivity contribution is 0.0953. The van der Waals surface area contributed by atoms with E-state index in [9.17, 15) is 0 Å². The van der Waals surface area contributed by atoms with E-state index in [0.29, 0.717) is 19.2 Å². The van der Waals surface area contributed by atoms with E-state index in [0.717, 1.165) is 9.92 Å². The third-order valence-corrected chi connectivity index (χ3v) is 2.70. The molecule has 0 spiro atoms. The van der Waals surface area contributed by atoms with E-state index in [2.05, 4.69) is 0 Å². The zero-order chi connectivity index (χ0) is 10.2. The van der Waals surface area contributed by atoms with Crippen molar-refractivity contribution in [2.75, 3.05) is 26.3 Å². The highest BCUT2D eigenvalue weighted by Crippen LogP contribution is 2.19. The Bertz CT molecular complexity index is 251. The second-order valence-electron chi connectivity index (χ2n) is 2.62. The molecule has 0 heterocycles. The first kappa shape index (κ1) is 11.9. The molecule has 1 rings (SSSR count). The average Bonchev–Trinajstić information content (AvgIpc) is 2.21. The summed E-state index contributed by atoms with van der Waals surface area (Å²) in [6.07, 6.45) is 0. The molecule has 0 aromatic heterocycles. The Morgan fingerprint density at radius 3 is 2.57 bits per heavy atom. The van der Waals surface area contributed by atoms with Crippen molar-refractivity contribution in [3.8, 4) is 0 Å². The Hall–Kier alpha value is -0.220. The fourth-order valence-electron chi connectivity index (χ4n) is 0.842. The van der Waals surface area contributed by atoms with E-state index in [1.54, 1.807) is 18.9 Å². The number of ether oxygens (including phenoxy) is 2. The normalized spacial score (nSPS) is 10.4. The highest BCUT2D eigenvalue weighted by Gasteiger charge is 1.93. The number of thioether (sulfide) groups is 1. The Morgan fingerprint density at radius 2 is 1.93 bits per heavy atom. The van der Waals surface area contributed by atoms with Crippen molar-refractivity contribution in [2.45, 2.75) is 4.90 Å². The smallest absolute Gasteiger partial charge is 0.0968 e. The van der Waals surface area contributed by atoms with E-state index < -0.39 is 0 Å². The molecule has 0 unspecified atom stereocenters. The molecule has 14 heavy (non-hydrogen) atoms. The minimum atomic E-state index is 0.636. The predicted octanol–water partition coefficient (Wildman–Crippen LogP) is 3.05. The van der Waals surface area contributed by atoms with E-state index >= 15 is 0 Å². The van der Waals surface area contributed by atoms with Crippen molar-refractivity contribution in [3.63, 3.8) is 0 Å². The summed E-state index contributed by atoms with van der Waals surface area (Å²) in [6.45, 7) is 1.28. The van der Waals surface area contributed by atoms with Gasteiger partial charge in [-0.3, -0.25) is 0 Å². The fourth-order valence-corrected chi connectivity index (χ4v) is 1.63. The molecule has 0 fully saturated rings. The summed E-state index contributed by atoms with van der Waals surface area (Å²) in [5.41, 5.74) is 0. The Kier molecular flexibility index (Phi) is 6.03. The second-order valence-corrected chi connectivity index (χ2v) is 4.05. The Labute approximate surface area is 93.5 Å². The first-order chi connectivity index (χ1) is 6.83. The average molecular weight is 233 g/mol. The van der Waals surface area contributed by atoms with Crippen LogP contribution in [0, 0.1) is 0 Å². The molecule has 0 saturated heterocycles. The topological polar surface area (TPSA) is 18.5 Å². The highest BCUT2D eigenvalue weighted by atomic mass is 35.5. The van der Waals surface area contributed by atoms with Crippen LogP contribution in [0.2, 0.25) is 5.02 Å². The molecule has 1 aromatic carbocycles. The van der Waals surface area contributed by atoms with Crippen molar-refractivity contribution >= 4 is 23.4 Å². The van der Waals surface area contributed by atoms with E-state index in [4.69, 9.17) is 21.1 Å². The summed E-state index contributed by atoms with van der Waals surface area (Å²) in [7, 11) is 1.66. The van der Waals surface area contributed by atoms with Crippen LogP contribution < -0.4 is 0 Å². The van der Waals surface area contributed by atoms with Crippen LogP contribution in [0.1, 0.15) is 0 Å². The molecule has 2 nitrogen and oxygen atoms in total. The van der Waals surface area contributed by atoms with E-state index in [1.165, 1.54) is 0 Å². The molecule has 0 radical (unpaired) electrons. The number of hydrogen-bond donors (Lipinski definition) is 0. The zero-order valence-corrected chi connectivity index (χ0v) is 9.61. The summed E-state index contributed by atoms with van der Waals surface area (Å²) in [5, 5.41) is 0.759. The summed E-state index contributed by atoms with van der Waals surface area (Å²) in [4.78, 5) is 1.16. The highest BCUT2D eigenvalue weighted by molar-refractivity contribution is 7.99. The van der Waals surface area contributed by atoms with E-state index in [1.807, 2.05) is 24.3 Å². The molecule has 0 N–H and O–H groups in total. The molecule has 4 heteroatoms. The molecular formula is C10H13ClO2S. The maximum absolute atomic E-state index is 5.76. The SMILES string of the molecule is COCCOCSc1ccc(Cl)cc1. The van der Waals surface area contributed by atoms with Gasteiger partial charge in [0.05, 0.1) is 19.2 Å². The molecule has 0 bridgehead atoms. The summed E-state index contributed by atoms with van der Waals surface area (Å²) < 4.78 is 10.2. The number of halogens is 1. The van der Waals surface area contributed by atoms with Crippen LogP contribution >= 0.6 is 23.4 Å². The van der Waals surface area contributed by atoms with Crippen molar-refractivity contribution in [3.05, 3.63) is 29.3 Å². The maximum atomic E-state index is 5.76. The van der Waals surface area contributed by atoms with Crippen LogP contribution in [-0.4, -0.2) is 26.3 Å². The van der Waals surface area contributed by atoms with Gasteiger partial charge in [0.2, 0.25) is 0 Å². The standard InChI is InChI=1S/C10H13ClO2S/c1-12-6-7-13-8-14-10-4-2-9(11)3-5-10/h2-5H,6-8H2,1H3. The Balaban J connectivity index is 2.15. The number of benzene rings is 1. The zero-order valence-electron chi connectivity index (χ0n) is 8.03. The molecule has 0 saturated carbocycles. The van der Waals surface area contributed by atoms with Gasteiger partial charge in [-0.2, -0.15) is 0 Å². The Morgan fingerprint density at radius 1 is 1.21 bits per heavy atom. The minimum Gasteiger partial charge on any atom is -0.382 e. The predicted molar refractivity (Wildman–Crippen MR) is 60.0 cm³/mol. The number of methoxy groups -OCH3 is 1. The van der Waals surface area contributed by atoms with Gasteiger partial charge in [-0.15, -0.1) is 0 Å². The largest absolute Gasteiger partial charge is 0.382 e. The van der Waals surface area contributed by atoms with Crippen LogP contribution in [0.5, 0.6) is 0 Å². The van der Waals surface area contributed by atoms with Gasteiger partial charge in [-0.05, 0) is 24.3 Å². The van der Waals surface area contributed by atoms with E-state index in [-0.39, 0.29) is 0 Å². The van der Waals surface area contributed by atoms with Gasteiger partial charge in [-0.1, -0.05) is 23.4 Å². The van der Waals surface area contributed by atoms with Gasteiger partial charge in [0.15, 0.2) is 0 Å². The van der Waals surface area contributed by atoms with Gasteiger partial charge in [0, 0.05) is 17.0 Å². The lowest BCUT2D eigenvalue weighted by Gasteiger charge is -2.03. The molecule has 0 aliphatic heterocycles. The van der Waals surface area contributed by atoms with Crippen molar-refractivity contribution in [2.24, 2.45) is 0 Å². The van der Waals surface area contributed by atoms with Gasteiger partial charge in [0.1, 0.15) is 0 Å². The van der Waals surface area contributed by atoms with Crippen molar-refractivity contribution in [1.82, 2.24) is 0 Å². The third-order valence-electron chi connectivity index (χ3n) is 1.55. The van der Waals surface area contributed by atoms with Gasteiger partial charge in [-0.25, -0.2) is 0 Å². The first-order valence-electron chi connectivity index (χ1n) is 4.28. The van der Waals surface area contributed by atoms with Crippen LogP contribution in [0.4, 0.5) is 0 Å². The minimum absolute atomic E-state index is 0.636. The summed E-state index contributed by atoms with van der Waals surface area (Å²) >= 11 is 7.40. The quantitative estimate of drug-likeness (QED) is 0.427. The van der Waals surface area contributed by atoms with Crippen LogP contribution in [0.3, 0.4) is 0 Å². The first-order valence-corrected chi connectivity index (χ1v) is 5.64. The molecule has 1 aromatic rings. The number of hydrogen-bond acceptors (Lipinski definition) is 3. The van der Waals surface area contributed by atoms with Gasteiger partial charge in [0.25, 0.3) is 0 Å². The molecular weight excluding hydrogens is 220 g/mol. The lowest BCUT2D eigenvalue weighted by atomic mass is 10.4. The molecule has 0 amide bonds. The molecule has 0 atom stereocenters. The second kappa shape index (κ2) is 7.12. The number of rotatable bonds is 6.